The normalized spacial score (nSPS) is 18.4. The van der Waals surface area contributed by atoms with Crippen molar-refractivity contribution in [3.05, 3.63) is 28.8 Å². The Morgan fingerprint density at radius 3 is 2.40 bits per heavy atom. The van der Waals surface area contributed by atoms with Gasteiger partial charge in [0.15, 0.2) is 0 Å². The molecule has 0 radical (unpaired) electrons. The molecule has 7 heteroatoms. The lowest BCUT2D eigenvalue weighted by atomic mass is 10.1. The van der Waals surface area contributed by atoms with Gasteiger partial charge >= 0.3 is 0 Å². The first-order chi connectivity index (χ1) is 9.36. The van der Waals surface area contributed by atoms with Gasteiger partial charge in [-0.05, 0) is 36.6 Å². The van der Waals surface area contributed by atoms with Crippen molar-refractivity contribution in [3.63, 3.8) is 0 Å². The average Bonchev–Trinajstić information content (AvgIpc) is 2.42. The van der Waals surface area contributed by atoms with Crippen LogP contribution in [0.15, 0.2) is 17.0 Å². The average molecular weight is 336 g/mol. The van der Waals surface area contributed by atoms with Gasteiger partial charge in [0.05, 0.1) is 4.90 Å². The molecular weight excluding hydrogens is 318 g/mol. The van der Waals surface area contributed by atoms with Gasteiger partial charge in [-0.15, -0.1) is 11.6 Å². The van der Waals surface area contributed by atoms with Gasteiger partial charge in [-0.1, -0.05) is 6.07 Å². The summed E-state index contributed by atoms with van der Waals surface area (Å²) >= 11 is 5.83. The van der Waals surface area contributed by atoms with Crippen LogP contribution in [0.4, 0.5) is 0 Å². The van der Waals surface area contributed by atoms with E-state index in [0.717, 1.165) is 16.7 Å². The van der Waals surface area contributed by atoms with Gasteiger partial charge in [-0.2, -0.15) is 4.31 Å². The molecule has 1 saturated heterocycles. The second kappa shape index (κ2) is 6.13. The zero-order valence-electron chi connectivity index (χ0n) is 11.6. The maximum atomic E-state index is 12.7. The van der Waals surface area contributed by atoms with E-state index in [-0.39, 0.29) is 5.88 Å². The SMILES string of the molecule is Cc1cc(CCl)cc(S(=O)(=O)N2CCS(=O)CC2)c1C. The summed E-state index contributed by atoms with van der Waals surface area (Å²) in [6, 6.07) is 3.56. The number of hydrogen-bond donors (Lipinski definition) is 0. The topological polar surface area (TPSA) is 54.5 Å². The number of halogens is 1. The van der Waals surface area contributed by atoms with Crippen molar-refractivity contribution in [1.29, 1.82) is 0 Å². The monoisotopic (exact) mass is 335 g/mol. The Kier molecular flexibility index (Phi) is 4.89. The van der Waals surface area contributed by atoms with Gasteiger partial charge in [0.2, 0.25) is 10.0 Å². The van der Waals surface area contributed by atoms with Crippen LogP contribution in [-0.2, 0) is 26.7 Å². The van der Waals surface area contributed by atoms with Crippen LogP contribution in [0.25, 0.3) is 0 Å². The van der Waals surface area contributed by atoms with Crippen LogP contribution in [0.3, 0.4) is 0 Å². The molecule has 0 aromatic heterocycles. The summed E-state index contributed by atoms with van der Waals surface area (Å²) < 4.78 is 38.2. The van der Waals surface area contributed by atoms with Gasteiger partial charge in [0.1, 0.15) is 0 Å². The number of aryl methyl sites for hydroxylation is 1. The van der Waals surface area contributed by atoms with E-state index in [4.69, 9.17) is 11.6 Å². The van der Waals surface area contributed by atoms with Gasteiger partial charge in [0, 0.05) is 41.3 Å². The third-order valence-electron chi connectivity index (χ3n) is 3.59. The number of nitrogens with zero attached hydrogens (tertiary/aromatic N) is 1. The molecule has 0 amide bonds. The van der Waals surface area contributed by atoms with Crippen molar-refractivity contribution in [3.8, 4) is 0 Å². The van der Waals surface area contributed by atoms with E-state index in [1.165, 1.54) is 4.31 Å². The van der Waals surface area contributed by atoms with Crippen LogP contribution in [0.5, 0.6) is 0 Å². The van der Waals surface area contributed by atoms with E-state index in [1.807, 2.05) is 19.9 Å². The second-order valence-corrected chi connectivity index (χ2v) is 8.79. The van der Waals surface area contributed by atoms with Gasteiger partial charge in [-0.25, -0.2) is 8.42 Å². The molecule has 20 heavy (non-hydrogen) atoms. The van der Waals surface area contributed by atoms with E-state index < -0.39 is 20.8 Å². The summed E-state index contributed by atoms with van der Waals surface area (Å²) in [7, 11) is -4.43. The molecule has 4 nitrogen and oxygen atoms in total. The van der Waals surface area contributed by atoms with E-state index in [2.05, 4.69) is 0 Å². The van der Waals surface area contributed by atoms with E-state index in [1.54, 1.807) is 6.07 Å². The lowest BCUT2D eigenvalue weighted by Crippen LogP contribution is -2.42. The largest absolute Gasteiger partial charge is 0.259 e. The minimum Gasteiger partial charge on any atom is -0.259 e. The van der Waals surface area contributed by atoms with Crippen LogP contribution in [0.2, 0.25) is 0 Å². The molecule has 0 bridgehead atoms. The Balaban J connectivity index is 2.44. The first kappa shape index (κ1) is 15.9. The highest BCUT2D eigenvalue weighted by atomic mass is 35.5. The number of benzene rings is 1. The van der Waals surface area contributed by atoms with Crippen molar-refractivity contribution < 1.29 is 12.6 Å². The maximum Gasteiger partial charge on any atom is 0.243 e. The molecule has 112 valence electrons. The minimum absolute atomic E-state index is 0.285. The zero-order valence-corrected chi connectivity index (χ0v) is 13.9. The van der Waals surface area contributed by atoms with Gasteiger partial charge in [0.25, 0.3) is 0 Å². The second-order valence-electron chi connectivity index (χ2n) is 4.92. The van der Waals surface area contributed by atoms with Crippen molar-refractivity contribution in [2.75, 3.05) is 24.6 Å². The van der Waals surface area contributed by atoms with Gasteiger partial charge in [-0.3, -0.25) is 4.21 Å². The lowest BCUT2D eigenvalue weighted by Gasteiger charge is -2.26. The Labute approximate surface area is 127 Å². The minimum atomic E-state index is -3.53. The van der Waals surface area contributed by atoms with Crippen LogP contribution in [-0.4, -0.2) is 41.5 Å². The fourth-order valence-electron chi connectivity index (χ4n) is 2.24. The summed E-state index contributed by atoms with van der Waals surface area (Å²) in [6.07, 6.45) is 0. The molecular formula is C13H18ClNO3S2. The number of rotatable bonds is 3. The highest BCUT2D eigenvalue weighted by Gasteiger charge is 2.29. The third-order valence-corrected chi connectivity index (χ3v) is 7.20. The summed E-state index contributed by atoms with van der Waals surface area (Å²) in [6.45, 7) is 4.33. The fraction of sp³-hybridized carbons (Fsp3) is 0.538. The zero-order chi connectivity index (χ0) is 14.9. The molecule has 0 atom stereocenters. The van der Waals surface area contributed by atoms with Crippen molar-refractivity contribution in [1.82, 2.24) is 4.31 Å². The molecule has 1 aromatic rings. The maximum absolute atomic E-state index is 12.7. The van der Waals surface area contributed by atoms with Crippen LogP contribution >= 0.6 is 11.6 Å². The Bertz CT molecular complexity index is 633. The molecule has 0 N–H and O–H groups in total. The quantitative estimate of drug-likeness (QED) is 0.791. The molecule has 1 fully saturated rings. The molecule has 1 aliphatic heterocycles. The van der Waals surface area contributed by atoms with Crippen LogP contribution in [0.1, 0.15) is 16.7 Å². The molecule has 1 heterocycles. The Morgan fingerprint density at radius 2 is 1.85 bits per heavy atom. The summed E-state index contributed by atoms with van der Waals surface area (Å²) in [4.78, 5) is 0.320. The highest BCUT2D eigenvalue weighted by molar-refractivity contribution is 7.89. The number of sulfonamides is 1. The Morgan fingerprint density at radius 1 is 1.25 bits per heavy atom. The number of alkyl halides is 1. The molecule has 0 spiro atoms. The molecule has 0 unspecified atom stereocenters. The smallest absolute Gasteiger partial charge is 0.243 e. The summed E-state index contributed by atoms with van der Waals surface area (Å²) in [5.41, 5.74) is 2.47. The molecule has 0 aliphatic carbocycles. The summed E-state index contributed by atoms with van der Waals surface area (Å²) in [5, 5.41) is 0. The predicted molar refractivity (Wildman–Crippen MR) is 82.1 cm³/mol. The number of hydrogen-bond acceptors (Lipinski definition) is 3. The third kappa shape index (κ3) is 3.08. The van der Waals surface area contributed by atoms with E-state index in [0.29, 0.717) is 29.5 Å². The first-order valence-electron chi connectivity index (χ1n) is 6.37. The highest BCUT2D eigenvalue weighted by Crippen LogP contribution is 2.25. The molecule has 1 aliphatic rings. The van der Waals surface area contributed by atoms with Crippen molar-refractivity contribution >= 4 is 32.4 Å². The van der Waals surface area contributed by atoms with Crippen molar-refractivity contribution in [2.24, 2.45) is 0 Å². The standard InChI is InChI=1S/C13H18ClNO3S2/c1-10-7-12(9-14)8-13(11(10)2)20(17,18)15-3-5-19(16)6-4-15/h7-8H,3-6,9H2,1-2H3. The van der Waals surface area contributed by atoms with Gasteiger partial charge < -0.3 is 0 Å². The van der Waals surface area contributed by atoms with Crippen LogP contribution < -0.4 is 0 Å². The van der Waals surface area contributed by atoms with E-state index >= 15 is 0 Å². The predicted octanol–water partition coefficient (Wildman–Crippen LogP) is 1.80. The molecule has 1 aromatic carbocycles. The molecule has 2 rings (SSSR count). The fourth-order valence-corrected chi connectivity index (χ4v) is 5.47. The summed E-state index contributed by atoms with van der Waals surface area (Å²) in [5.74, 6) is 1.10. The first-order valence-corrected chi connectivity index (χ1v) is 9.83. The van der Waals surface area contributed by atoms with E-state index in [9.17, 15) is 12.6 Å². The van der Waals surface area contributed by atoms with Crippen molar-refractivity contribution in [2.45, 2.75) is 24.6 Å². The lowest BCUT2D eigenvalue weighted by molar-refractivity contribution is 0.438. The molecule has 0 saturated carbocycles. The van der Waals surface area contributed by atoms with Crippen LogP contribution in [0, 0.1) is 13.8 Å². The Hall–Kier alpha value is -0.430.